The molecule has 1 heterocycles. The average Bonchev–Trinajstić information content (AvgIpc) is 2.61. The molecule has 1 fully saturated rings. The van der Waals surface area contributed by atoms with Crippen molar-refractivity contribution in [3.63, 3.8) is 0 Å². The number of nitrogens with one attached hydrogen (secondary N) is 2. The van der Waals surface area contributed by atoms with E-state index < -0.39 is 15.8 Å². The standard InChI is InChI=1S/C20H24FN3O3S/c1-15-6-7-19(16(2)12-15)28(26,27)24-10-8-23(9-11-24)14-20(25)22-18-5-3-4-17(21)13-18/h3-7,12-13H,8-11,14H2,1-2H3,(H,22,25)/p+1. The predicted octanol–water partition coefficient (Wildman–Crippen LogP) is 0.970. The summed E-state index contributed by atoms with van der Waals surface area (Å²) in [6.07, 6.45) is 0. The van der Waals surface area contributed by atoms with Gasteiger partial charge in [-0.1, -0.05) is 23.8 Å². The van der Waals surface area contributed by atoms with Crippen molar-refractivity contribution in [1.29, 1.82) is 0 Å². The lowest BCUT2D eigenvalue weighted by Crippen LogP contribution is -3.15. The van der Waals surface area contributed by atoms with E-state index in [-0.39, 0.29) is 12.5 Å². The molecule has 1 aliphatic rings. The molecule has 0 unspecified atom stereocenters. The number of amides is 1. The maximum atomic E-state index is 13.2. The number of aryl methyl sites for hydroxylation is 2. The van der Waals surface area contributed by atoms with Crippen molar-refractivity contribution < 1.29 is 22.5 Å². The van der Waals surface area contributed by atoms with E-state index in [4.69, 9.17) is 0 Å². The van der Waals surface area contributed by atoms with Gasteiger partial charge in [0.2, 0.25) is 10.0 Å². The molecule has 8 heteroatoms. The van der Waals surface area contributed by atoms with Crippen molar-refractivity contribution in [2.45, 2.75) is 18.7 Å². The monoisotopic (exact) mass is 406 g/mol. The van der Waals surface area contributed by atoms with Crippen LogP contribution in [-0.2, 0) is 14.8 Å². The number of quaternary nitrogens is 1. The summed E-state index contributed by atoms with van der Waals surface area (Å²) in [5.74, 6) is -0.623. The van der Waals surface area contributed by atoms with Crippen LogP contribution in [0.2, 0.25) is 0 Å². The summed E-state index contributed by atoms with van der Waals surface area (Å²) in [4.78, 5) is 13.5. The van der Waals surface area contributed by atoms with E-state index in [1.807, 2.05) is 13.0 Å². The van der Waals surface area contributed by atoms with Crippen molar-refractivity contribution in [2.24, 2.45) is 0 Å². The lowest BCUT2D eigenvalue weighted by molar-refractivity contribution is -0.895. The summed E-state index contributed by atoms with van der Waals surface area (Å²) in [5, 5.41) is 2.68. The van der Waals surface area contributed by atoms with Gasteiger partial charge in [0, 0.05) is 5.69 Å². The van der Waals surface area contributed by atoms with Crippen LogP contribution >= 0.6 is 0 Å². The highest BCUT2D eigenvalue weighted by Gasteiger charge is 2.32. The van der Waals surface area contributed by atoms with Crippen molar-refractivity contribution in [2.75, 3.05) is 38.0 Å². The fourth-order valence-electron chi connectivity index (χ4n) is 3.45. The molecular weight excluding hydrogens is 381 g/mol. The maximum absolute atomic E-state index is 13.2. The van der Waals surface area contributed by atoms with Crippen LogP contribution in [0, 0.1) is 19.7 Å². The number of sulfonamides is 1. The third kappa shape index (κ3) is 4.76. The van der Waals surface area contributed by atoms with E-state index in [1.54, 1.807) is 25.1 Å². The number of carbonyl (C=O) groups is 1. The minimum Gasteiger partial charge on any atom is -0.325 e. The summed E-state index contributed by atoms with van der Waals surface area (Å²) >= 11 is 0. The molecule has 1 saturated heterocycles. The van der Waals surface area contributed by atoms with Crippen LogP contribution in [0.15, 0.2) is 47.4 Å². The van der Waals surface area contributed by atoms with Crippen LogP contribution in [0.1, 0.15) is 11.1 Å². The Hall–Kier alpha value is -2.29. The van der Waals surface area contributed by atoms with Gasteiger partial charge < -0.3 is 10.2 Å². The van der Waals surface area contributed by atoms with Crippen molar-refractivity contribution in [3.8, 4) is 0 Å². The van der Waals surface area contributed by atoms with Crippen LogP contribution in [0.25, 0.3) is 0 Å². The first kappa shape index (κ1) is 20.4. The molecule has 0 saturated carbocycles. The normalized spacial score (nSPS) is 16.1. The molecule has 150 valence electrons. The zero-order valence-corrected chi connectivity index (χ0v) is 16.9. The van der Waals surface area contributed by atoms with Crippen LogP contribution in [-0.4, -0.2) is 51.4 Å². The molecule has 1 amide bonds. The number of hydrogen-bond acceptors (Lipinski definition) is 3. The smallest absolute Gasteiger partial charge is 0.279 e. The van der Waals surface area contributed by atoms with Gasteiger partial charge >= 0.3 is 0 Å². The van der Waals surface area contributed by atoms with E-state index in [2.05, 4.69) is 5.32 Å². The van der Waals surface area contributed by atoms with E-state index in [9.17, 15) is 17.6 Å². The molecule has 0 bridgehead atoms. The number of anilines is 1. The number of carbonyl (C=O) groups excluding carboxylic acids is 1. The molecule has 28 heavy (non-hydrogen) atoms. The van der Waals surface area contributed by atoms with E-state index in [1.165, 1.54) is 22.5 Å². The third-order valence-electron chi connectivity index (χ3n) is 4.90. The van der Waals surface area contributed by atoms with E-state index in [0.717, 1.165) is 16.0 Å². The van der Waals surface area contributed by atoms with Crippen LogP contribution in [0.4, 0.5) is 10.1 Å². The first-order chi connectivity index (χ1) is 13.3. The molecule has 6 nitrogen and oxygen atoms in total. The second kappa shape index (κ2) is 8.38. The van der Waals surface area contributed by atoms with E-state index in [0.29, 0.717) is 36.8 Å². The molecule has 0 aromatic heterocycles. The number of halogens is 1. The Balaban J connectivity index is 1.57. The quantitative estimate of drug-likeness (QED) is 0.778. The minimum absolute atomic E-state index is 0.216. The highest BCUT2D eigenvalue weighted by Crippen LogP contribution is 2.20. The number of nitrogens with zero attached hydrogens (tertiary/aromatic N) is 1. The molecule has 2 N–H and O–H groups in total. The van der Waals surface area contributed by atoms with Crippen LogP contribution in [0.5, 0.6) is 0 Å². The Kier molecular flexibility index (Phi) is 6.12. The molecule has 0 atom stereocenters. The Morgan fingerprint density at radius 2 is 1.86 bits per heavy atom. The van der Waals surface area contributed by atoms with Gasteiger partial charge in [0.15, 0.2) is 6.54 Å². The Bertz CT molecular complexity index is 970. The SMILES string of the molecule is Cc1ccc(S(=O)(=O)N2CC[NH+](CC(=O)Nc3cccc(F)c3)CC2)c(C)c1. The molecule has 0 spiro atoms. The fourth-order valence-corrected chi connectivity index (χ4v) is 5.09. The highest BCUT2D eigenvalue weighted by atomic mass is 32.2. The first-order valence-electron chi connectivity index (χ1n) is 9.22. The van der Waals surface area contributed by atoms with Gasteiger partial charge in [-0.15, -0.1) is 0 Å². The fraction of sp³-hybridized carbons (Fsp3) is 0.350. The summed E-state index contributed by atoms with van der Waals surface area (Å²) < 4.78 is 40.5. The summed E-state index contributed by atoms with van der Waals surface area (Å²) in [6.45, 7) is 5.75. The maximum Gasteiger partial charge on any atom is 0.279 e. The van der Waals surface area contributed by atoms with Gasteiger partial charge in [-0.05, 0) is 43.7 Å². The third-order valence-corrected chi connectivity index (χ3v) is 6.96. The average molecular weight is 407 g/mol. The molecule has 3 rings (SSSR count). The van der Waals surface area contributed by atoms with Gasteiger partial charge in [0.1, 0.15) is 5.82 Å². The second-order valence-electron chi connectivity index (χ2n) is 7.16. The van der Waals surface area contributed by atoms with Crippen molar-refractivity contribution in [3.05, 3.63) is 59.4 Å². The summed E-state index contributed by atoms with van der Waals surface area (Å²) in [7, 11) is -3.54. The zero-order chi connectivity index (χ0) is 20.3. The summed E-state index contributed by atoms with van der Waals surface area (Å²) in [5.41, 5.74) is 2.18. The lowest BCUT2D eigenvalue weighted by atomic mass is 10.2. The Labute approximate surface area is 165 Å². The molecular formula is C20H25FN3O3S+. The molecule has 0 aliphatic carbocycles. The number of piperazine rings is 1. The van der Waals surface area contributed by atoms with Gasteiger partial charge in [0.25, 0.3) is 5.91 Å². The summed E-state index contributed by atoms with van der Waals surface area (Å²) in [6, 6.07) is 11.1. The predicted molar refractivity (Wildman–Crippen MR) is 105 cm³/mol. The van der Waals surface area contributed by atoms with Gasteiger partial charge in [0.05, 0.1) is 31.1 Å². The molecule has 0 radical (unpaired) electrons. The zero-order valence-electron chi connectivity index (χ0n) is 16.0. The van der Waals surface area contributed by atoms with Crippen LogP contribution in [0.3, 0.4) is 0 Å². The van der Waals surface area contributed by atoms with Crippen molar-refractivity contribution in [1.82, 2.24) is 4.31 Å². The number of hydrogen-bond donors (Lipinski definition) is 2. The Morgan fingerprint density at radius 1 is 1.14 bits per heavy atom. The van der Waals surface area contributed by atoms with Gasteiger partial charge in [-0.2, -0.15) is 4.31 Å². The number of rotatable bonds is 5. The highest BCUT2D eigenvalue weighted by molar-refractivity contribution is 7.89. The number of benzene rings is 2. The van der Waals surface area contributed by atoms with Gasteiger partial charge in [-0.25, -0.2) is 12.8 Å². The molecule has 1 aliphatic heterocycles. The van der Waals surface area contributed by atoms with Gasteiger partial charge in [-0.3, -0.25) is 4.79 Å². The molecule has 2 aromatic rings. The lowest BCUT2D eigenvalue weighted by Gasteiger charge is -2.31. The largest absolute Gasteiger partial charge is 0.325 e. The van der Waals surface area contributed by atoms with E-state index >= 15 is 0 Å². The Morgan fingerprint density at radius 3 is 2.50 bits per heavy atom. The van der Waals surface area contributed by atoms with Crippen LogP contribution < -0.4 is 10.2 Å². The first-order valence-corrected chi connectivity index (χ1v) is 10.7. The molecule has 2 aromatic carbocycles. The second-order valence-corrected chi connectivity index (χ2v) is 9.06. The van der Waals surface area contributed by atoms with Crippen molar-refractivity contribution >= 4 is 21.6 Å². The topological polar surface area (TPSA) is 70.9 Å². The minimum atomic E-state index is -3.54.